The lowest BCUT2D eigenvalue weighted by Crippen LogP contribution is -2.18. The number of halogens is 3. The smallest absolute Gasteiger partial charge is 0.138 e. The molecule has 0 saturated heterocycles. The number of rotatable bonds is 4. The Bertz CT molecular complexity index is 619. The molecular formula is C15H14Cl2FNO. The highest BCUT2D eigenvalue weighted by molar-refractivity contribution is 6.35. The molecule has 0 aliphatic rings. The molecule has 106 valence electrons. The summed E-state index contributed by atoms with van der Waals surface area (Å²) in [6.07, 6.45) is 0. The highest BCUT2D eigenvalue weighted by Crippen LogP contribution is 2.31. The van der Waals surface area contributed by atoms with Crippen LogP contribution in [0.5, 0.6) is 5.75 Å². The molecule has 0 aromatic heterocycles. The molecule has 0 radical (unpaired) electrons. The molecule has 0 fully saturated rings. The molecule has 0 amide bonds. The zero-order valence-electron chi connectivity index (χ0n) is 10.8. The first-order valence-electron chi connectivity index (χ1n) is 6.13. The van der Waals surface area contributed by atoms with Crippen molar-refractivity contribution in [2.75, 3.05) is 0 Å². The minimum atomic E-state index is -0.273. The van der Waals surface area contributed by atoms with Crippen molar-refractivity contribution in [2.24, 2.45) is 0 Å². The second-order valence-corrected chi connectivity index (χ2v) is 5.40. The summed E-state index contributed by atoms with van der Waals surface area (Å²) in [4.78, 5) is 0. The molecule has 1 unspecified atom stereocenters. The van der Waals surface area contributed by atoms with Gasteiger partial charge in [-0.15, -0.1) is 0 Å². The summed E-state index contributed by atoms with van der Waals surface area (Å²) in [6.45, 7) is 2.29. The molecular weight excluding hydrogens is 300 g/mol. The van der Waals surface area contributed by atoms with Gasteiger partial charge in [-0.2, -0.15) is 0 Å². The zero-order valence-corrected chi connectivity index (χ0v) is 12.3. The third-order valence-electron chi connectivity index (χ3n) is 3.05. The zero-order chi connectivity index (χ0) is 14.7. The van der Waals surface area contributed by atoms with Crippen LogP contribution in [0.2, 0.25) is 10.0 Å². The molecule has 0 spiro atoms. The highest BCUT2D eigenvalue weighted by Gasteiger charge is 2.10. The fraction of sp³-hybridized carbons (Fsp3) is 0.200. The normalized spacial score (nSPS) is 12.4. The van der Waals surface area contributed by atoms with Crippen LogP contribution in [0.15, 0.2) is 36.4 Å². The molecule has 2 aromatic rings. The Morgan fingerprint density at radius 3 is 2.70 bits per heavy atom. The van der Waals surface area contributed by atoms with E-state index in [0.29, 0.717) is 17.1 Å². The molecule has 0 heterocycles. The van der Waals surface area contributed by atoms with Crippen molar-refractivity contribution in [2.45, 2.75) is 19.5 Å². The van der Waals surface area contributed by atoms with Gasteiger partial charge >= 0.3 is 0 Å². The predicted molar refractivity (Wildman–Crippen MR) is 79.8 cm³/mol. The monoisotopic (exact) mass is 313 g/mol. The van der Waals surface area contributed by atoms with Crippen LogP contribution in [0.1, 0.15) is 24.1 Å². The Labute approximate surface area is 127 Å². The van der Waals surface area contributed by atoms with Crippen LogP contribution in [0.3, 0.4) is 0 Å². The van der Waals surface area contributed by atoms with Crippen LogP contribution in [0.25, 0.3) is 0 Å². The van der Waals surface area contributed by atoms with E-state index in [0.717, 1.165) is 5.56 Å². The van der Waals surface area contributed by atoms with E-state index in [4.69, 9.17) is 23.2 Å². The Balaban J connectivity index is 2.09. The molecule has 2 rings (SSSR count). The molecule has 0 aliphatic heterocycles. The van der Waals surface area contributed by atoms with Crippen molar-refractivity contribution < 1.29 is 9.50 Å². The van der Waals surface area contributed by atoms with Crippen LogP contribution >= 0.6 is 23.2 Å². The Hall–Kier alpha value is -1.29. The number of hydrogen-bond acceptors (Lipinski definition) is 2. The third-order valence-corrected chi connectivity index (χ3v) is 3.56. The average molecular weight is 314 g/mol. The van der Waals surface area contributed by atoms with Gasteiger partial charge in [-0.1, -0.05) is 35.3 Å². The third kappa shape index (κ3) is 3.63. The van der Waals surface area contributed by atoms with Gasteiger partial charge in [0.15, 0.2) is 0 Å². The SMILES string of the molecule is CC(NCc1cc(Cl)cc(Cl)c1O)c1cccc(F)c1. The first-order chi connectivity index (χ1) is 9.47. The van der Waals surface area contributed by atoms with Crippen molar-refractivity contribution in [3.05, 3.63) is 63.4 Å². The molecule has 5 heteroatoms. The maximum atomic E-state index is 13.2. The first kappa shape index (κ1) is 15.1. The van der Waals surface area contributed by atoms with Gasteiger partial charge in [0.1, 0.15) is 11.6 Å². The van der Waals surface area contributed by atoms with Crippen LogP contribution in [0, 0.1) is 5.82 Å². The Kier molecular flexibility index (Phi) is 4.86. The molecule has 2 aromatic carbocycles. The molecule has 2 nitrogen and oxygen atoms in total. The Morgan fingerprint density at radius 1 is 1.25 bits per heavy atom. The van der Waals surface area contributed by atoms with Crippen LogP contribution < -0.4 is 5.32 Å². The molecule has 0 aliphatic carbocycles. The van der Waals surface area contributed by atoms with Crippen molar-refractivity contribution in [3.63, 3.8) is 0 Å². The van der Waals surface area contributed by atoms with E-state index in [9.17, 15) is 9.50 Å². The number of aromatic hydroxyl groups is 1. The fourth-order valence-corrected chi connectivity index (χ4v) is 2.45. The molecule has 0 bridgehead atoms. The molecule has 20 heavy (non-hydrogen) atoms. The van der Waals surface area contributed by atoms with E-state index in [2.05, 4.69) is 5.32 Å². The van der Waals surface area contributed by atoms with Crippen molar-refractivity contribution in [3.8, 4) is 5.75 Å². The van der Waals surface area contributed by atoms with Crippen LogP contribution in [0.4, 0.5) is 4.39 Å². The predicted octanol–water partition coefficient (Wildman–Crippen LogP) is 4.69. The molecule has 2 N–H and O–H groups in total. The van der Waals surface area contributed by atoms with Crippen molar-refractivity contribution in [1.29, 1.82) is 0 Å². The van der Waals surface area contributed by atoms with Crippen LogP contribution in [-0.2, 0) is 6.54 Å². The minimum absolute atomic E-state index is 0.00927. The van der Waals surface area contributed by atoms with Gasteiger partial charge in [0.05, 0.1) is 5.02 Å². The number of phenols is 1. The average Bonchev–Trinajstić information content (AvgIpc) is 2.40. The maximum absolute atomic E-state index is 13.2. The standard InChI is InChI=1S/C15H14Cl2FNO/c1-9(10-3-2-4-13(18)6-10)19-8-11-5-12(16)7-14(17)15(11)20/h2-7,9,19-20H,8H2,1H3. The topological polar surface area (TPSA) is 32.3 Å². The lowest BCUT2D eigenvalue weighted by molar-refractivity contribution is 0.460. The van der Waals surface area contributed by atoms with Crippen LogP contribution in [-0.4, -0.2) is 5.11 Å². The molecule has 1 atom stereocenters. The quantitative estimate of drug-likeness (QED) is 0.858. The van der Waals surface area contributed by atoms with Gasteiger partial charge < -0.3 is 10.4 Å². The second kappa shape index (κ2) is 6.44. The summed E-state index contributed by atoms with van der Waals surface area (Å²) < 4.78 is 13.2. The van der Waals surface area contributed by atoms with E-state index in [1.54, 1.807) is 12.1 Å². The number of hydrogen-bond donors (Lipinski definition) is 2. The van der Waals surface area contributed by atoms with Gasteiger partial charge in [0, 0.05) is 23.2 Å². The van der Waals surface area contributed by atoms with Gasteiger partial charge in [-0.05, 0) is 36.8 Å². The molecule has 0 saturated carbocycles. The minimum Gasteiger partial charge on any atom is -0.506 e. The number of nitrogens with one attached hydrogen (secondary N) is 1. The van der Waals surface area contributed by atoms with Gasteiger partial charge in [0.25, 0.3) is 0 Å². The number of benzene rings is 2. The lowest BCUT2D eigenvalue weighted by atomic mass is 10.1. The summed E-state index contributed by atoms with van der Waals surface area (Å²) in [6, 6.07) is 9.44. The summed E-state index contributed by atoms with van der Waals surface area (Å²) in [7, 11) is 0. The van der Waals surface area contributed by atoms with Gasteiger partial charge in [0.2, 0.25) is 0 Å². The van der Waals surface area contributed by atoms with E-state index in [1.807, 2.05) is 13.0 Å². The number of phenolic OH excluding ortho intramolecular Hbond substituents is 1. The van der Waals surface area contributed by atoms with Gasteiger partial charge in [-0.25, -0.2) is 4.39 Å². The summed E-state index contributed by atoms with van der Waals surface area (Å²) in [5.41, 5.74) is 1.43. The second-order valence-electron chi connectivity index (χ2n) is 4.55. The van der Waals surface area contributed by atoms with E-state index in [1.165, 1.54) is 18.2 Å². The lowest BCUT2D eigenvalue weighted by Gasteiger charge is -2.15. The van der Waals surface area contributed by atoms with E-state index in [-0.39, 0.29) is 22.6 Å². The highest BCUT2D eigenvalue weighted by atomic mass is 35.5. The Morgan fingerprint density at radius 2 is 2.00 bits per heavy atom. The van der Waals surface area contributed by atoms with Gasteiger partial charge in [-0.3, -0.25) is 0 Å². The fourth-order valence-electron chi connectivity index (χ4n) is 1.91. The first-order valence-corrected chi connectivity index (χ1v) is 6.88. The maximum Gasteiger partial charge on any atom is 0.138 e. The van der Waals surface area contributed by atoms with Crippen molar-refractivity contribution >= 4 is 23.2 Å². The van der Waals surface area contributed by atoms with E-state index < -0.39 is 0 Å². The summed E-state index contributed by atoms with van der Waals surface area (Å²) in [5, 5.41) is 13.7. The van der Waals surface area contributed by atoms with E-state index >= 15 is 0 Å². The summed E-state index contributed by atoms with van der Waals surface area (Å²) >= 11 is 11.8. The van der Waals surface area contributed by atoms with Crippen molar-refractivity contribution in [1.82, 2.24) is 5.32 Å². The largest absolute Gasteiger partial charge is 0.506 e. The summed E-state index contributed by atoms with van der Waals surface area (Å²) in [5.74, 6) is -0.264.